The highest BCUT2D eigenvalue weighted by Crippen LogP contribution is 2.22. The first-order chi connectivity index (χ1) is 6.26. The number of hydrogen-bond donors (Lipinski definition) is 1. The van der Waals surface area contributed by atoms with Crippen LogP contribution in [0, 0.1) is 11.8 Å². The van der Waals surface area contributed by atoms with Gasteiger partial charge < -0.3 is 10.6 Å². The van der Waals surface area contributed by atoms with Gasteiger partial charge in [-0.25, -0.2) is 0 Å². The van der Waals surface area contributed by atoms with Crippen LogP contribution in [0.4, 0.5) is 0 Å². The van der Waals surface area contributed by atoms with Crippen LogP contribution in [0.25, 0.3) is 0 Å². The molecule has 0 radical (unpaired) electrons. The van der Waals surface area contributed by atoms with Gasteiger partial charge in [-0.2, -0.15) is 0 Å². The molecule has 1 fully saturated rings. The highest BCUT2D eigenvalue weighted by molar-refractivity contribution is 4.76. The van der Waals surface area contributed by atoms with E-state index in [0.29, 0.717) is 5.92 Å². The van der Waals surface area contributed by atoms with Crippen LogP contribution in [0.15, 0.2) is 0 Å². The Labute approximate surface area is 82.5 Å². The number of rotatable bonds is 5. The first-order valence-corrected chi connectivity index (χ1v) is 5.68. The van der Waals surface area contributed by atoms with Crippen molar-refractivity contribution in [2.45, 2.75) is 33.1 Å². The summed E-state index contributed by atoms with van der Waals surface area (Å²) in [7, 11) is 0. The second-order valence-electron chi connectivity index (χ2n) is 4.53. The van der Waals surface area contributed by atoms with Crippen molar-refractivity contribution < 1.29 is 0 Å². The van der Waals surface area contributed by atoms with Crippen LogP contribution in [-0.4, -0.2) is 31.1 Å². The van der Waals surface area contributed by atoms with Crippen LogP contribution in [0.3, 0.4) is 0 Å². The predicted octanol–water partition coefficient (Wildman–Crippen LogP) is 1.70. The third-order valence-corrected chi connectivity index (χ3v) is 3.05. The maximum atomic E-state index is 5.63. The SMILES string of the molecule is CCCN1CCC(CC(C)CN)C1. The molecule has 2 unspecified atom stereocenters. The molecule has 2 atom stereocenters. The molecule has 1 heterocycles. The van der Waals surface area contributed by atoms with Crippen LogP contribution in [0.2, 0.25) is 0 Å². The highest BCUT2D eigenvalue weighted by Gasteiger charge is 2.22. The summed E-state index contributed by atoms with van der Waals surface area (Å²) in [5, 5.41) is 0. The van der Waals surface area contributed by atoms with Crippen molar-refractivity contribution in [1.82, 2.24) is 4.90 Å². The topological polar surface area (TPSA) is 29.3 Å². The van der Waals surface area contributed by atoms with E-state index in [1.807, 2.05) is 0 Å². The minimum absolute atomic E-state index is 0.714. The Bertz CT molecular complexity index is 136. The minimum Gasteiger partial charge on any atom is -0.330 e. The molecule has 1 aliphatic heterocycles. The molecule has 0 aromatic heterocycles. The van der Waals surface area contributed by atoms with Crippen LogP contribution < -0.4 is 5.73 Å². The van der Waals surface area contributed by atoms with E-state index in [1.54, 1.807) is 0 Å². The van der Waals surface area contributed by atoms with Crippen molar-refractivity contribution in [2.24, 2.45) is 17.6 Å². The number of nitrogens with two attached hydrogens (primary N) is 1. The first-order valence-electron chi connectivity index (χ1n) is 5.68. The Balaban J connectivity index is 2.17. The fourth-order valence-electron chi connectivity index (χ4n) is 2.29. The second kappa shape index (κ2) is 5.61. The molecule has 2 N–H and O–H groups in total. The summed E-state index contributed by atoms with van der Waals surface area (Å²) in [6.45, 7) is 9.30. The maximum Gasteiger partial charge on any atom is 0.00102 e. The Morgan fingerprint density at radius 2 is 2.31 bits per heavy atom. The molecule has 0 aromatic carbocycles. The molecule has 0 aliphatic carbocycles. The van der Waals surface area contributed by atoms with Crippen molar-refractivity contribution in [3.05, 3.63) is 0 Å². The summed E-state index contributed by atoms with van der Waals surface area (Å²) < 4.78 is 0. The fraction of sp³-hybridized carbons (Fsp3) is 1.00. The quantitative estimate of drug-likeness (QED) is 0.704. The lowest BCUT2D eigenvalue weighted by atomic mass is 9.95. The highest BCUT2D eigenvalue weighted by atomic mass is 15.1. The van der Waals surface area contributed by atoms with E-state index in [4.69, 9.17) is 5.73 Å². The zero-order valence-corrected chi connectivity index (χ0v) is 9.13. The molecule has 2 heteroatoms. The van der Waals surface area contributed by atoms with Crippen molar-refractivity contribution in [1.29, 1.82) is 0 Å². The van der Waals surface area contributed by atoms with Gasteiger partial charge in [-0.1, -0.05) is 13.8 Å². The third-order valence-electron chi connectivity index (χ3n) is 3.05. The summed E-state index contributed by atoms with van der Waals surface area (Å²) in [4.78, 5) is 2.59. The van der Waals surface area contributed by atoms with E-state index < -0.39 is 0 Å². The normalized spacial score (nSPS) is 26.5. The van der Waals surface area contributed by atoms with Crippen molar-refractivity contribution in [3.8, 4) is 0 Å². The smallest absolute Gasteiger partial charge is 0.00102 e. The van der Waals surface area contributed by atoms with Gasteiger partial charge in [0.1, 0.15) is 0 Å². The van der Waals surface area contributed by atoms with Crippen molar-refractivity contribution >= 4 is 0 Å². The molecule has 1 rings (SSSR count). The minimum atomic E-state index is 0.714. The molecule has 1 saturated heterocycles. The van der Waals surface area contributed by atoms with Gasteiger partial charge in [-0.3, -0.25) is 0 Å². The standard InChI is InChI=1S/C11H24N2/c1-3-5-13-6-4-11(9-13)7-10(2)8-12/h10-11H,3-9,12H2,1-2H3. The second-order valence-corrected chi connectivity index (χ2v) is 4.53. The zero-order chi connectivity index (χ0) is 9.68. The van der Waals surface area contributed by atoms with E-state index in [2.05, 4.69) is 18.7 Å². The molecular weight excluding hydrogens is 160 g/mol. The van der Waals surface area contributed by atoms with Crippen LogP contribution in [-0.2, 0) is 0 Å². The summed E-state index contributed by atoms with van der Waals surface area (Å²) in [6, 6.07) is 0. The molecule has 0 bridgehead atoms. The first kappa shape index (κ1) is 11.0. The van der Waals surface area contributed by atoms with Gasteiger partial charge in [0.25, 0.3) is 0 Å². The molecule has 0 saturated carbocycles. The van der Waals surface area contributed by atoms with Crippen LogP contribution >= 0.6 is 0 Å². The number of nitrogens with zero attached hydrogens (tertiary/aromatic N) is 1. The largest absolute Gasteiger partial charge is 0.330 e. The van der Waals surface area contributed by atoms with Crippen LogP contribution in [0.5, 0.6) is 0 Å². The molecular formula is C11H24N2. The molecule has 0 spiro atoms. The summed E-state index contributed by atoms with van der Waals surface area (Å²) in [5.74, 6) is 1.64. The van der Waals surface area contributed by atoms with Crippen LogP contribution in [0.1, 0.15) is 33.1 Å². The molecule has 0 amide bonds. The molecule has 1 aliphatic rings. The van der Waals surface area contributed by atoms with Crippen molar-refractivity contribution in [2.75, 3.05) is 26.2 Å². The molecule has 78 valence electrons. The fourth-order valence-corrected chi connectivity index (χ4v) is 2.29. The predicted molar refractivity (Wildman–Crippen MR) is 57.7 cm³/mol. The molecule has 0 aromatic rings. The Kier molecular flexibility index (Phi) is 4.74. The molecule has 2 nitrogen and oxygen atoms in total. The van der Waals surface area contributed by atoms with Gasteiger partial charge in [-0.15, -0.1) is 0 Å². The van der Waals surface area contributed by atoms with Gasteiger partial charge in [0.2, 0.25) is 0 Å². The van der Waals surface area contributed by atoms with E-state index in [1.165, 1.54) is 38.9 Å². The lowest BCUT2D eigenvalue weighted by Crippen LogP contribution is -2.22. The van der Waals surface area contributed by atoms with Gasteiger partial charge in [0.15, 0.2) is 0 Å². The maximum absolute atomic E-state index is 5.63. The number of hydrogen-bond acceptors (Lipinski definition) is 2. The summed E-state index contributed by atoms with van der Waals surface area (Å²) in [6.07, 6.45) is 4.01. The lowest BCUT2D eigenvalue weighted by molar-refractivity contribution is 0.311. The van der Waals surface area contributed by atoms with Gasteiger partial charge >= 0.3 is 0 Å². The Morgan fingerprint density at radius 1 is 1.54 bits per heavy atom. The van der Waals surface area contributed by atoms with E-state index >= 15 is 0 Å². The van der Waals surface area contributed by atoms with E-state index in [9.17, 15) is 0 Å². The lowest BCUT2D eigenvalue weighted by Gasteiger charge is -2.16. The average molecular weight is 184 g/mol. The zero-order valence-electron chi connectivity index (χ0n) is 9.13. The van der Waals surface area contributed by atoms with E-state index in [0.717, 1.165) is 12.5 Å². The molecule has 13 heavy (non-hydrogen) atoms. The van der Waals surface area contributed by atoms with Gasteiger partial charge in [0.05, 0.1) is 0 Å². The Hall–Kier alpha value is -0.0800. The average Bonchev–Trinajstić information content (AvgIpc) is 2.53. The monoisotopic (exact) mass is 184 g/mol. The Morgan fingerprint density at radius 3 is 2.92 bits per heavy atom. The summed E-state index contributed by atoms with van der Waals surface area (Å²) in [5.41, 5.74) is 5.63. The number of likely N-dealkylation sites (tertiary alicyclic amines) is 1. The van der Waals surface area contributed by atoms with E-state index in [-0.39, 0.29) is 0 Å². The van der Waals surface area contributed by atoms with Gasteiger partial charge in [0, 0.05) is 6.54 Å². The van der Waals surface area contributed by atoms with Crippen molar-refractivity contribution in [3.63, 3.8) is 0 Å². The summed E-state index contributed by atoms with van der Waals surface area (Å²) >= 11 is 0. The third kappa shape index (κ3) is 3.65. The van der Waals surface area contributed by atoms with Gasteiger partial charge in [-0.05, 0) is 50.7 Å².